The molecule has 3 atom stereocenters. The maximum absolute atomic E-state index is 13.1. The van der Waals surface area contributed by atoms with Crippen LogP contribution in [0.25, 0.3) is 0 Å². The average Bonchev–Trinajstić information content (AvgIpc) is 2.75. The molecule has 1 aromatic rings. The number of phosphoric acid groups is 1. The molecular weight excluding hydrogens is 467 g/mol. The molecule has 0 saturated heterocycles. The number of benzene rings is 1. The molecule has 3 N–H and O–H groups in total. The maximum atomic E-state index is 13.1. The Bertz CT molecular complexity index is 963. The average molecular weight is 509 g/mol. The third-order valence-corrected chi connectivity index (χ3v) is 7.02. The van der Waals surface area contributed by atoms with Gasteiger partial charge in [-0.3, -0.25) is 4.52 Å². The zero-order chi connectivity index (χ0) is 26.2. The van der Waals surface area contributed by atoms with Gasteiger partial charge in [0.05, 0.1) is 0 Å². The summed E-state index contributed by atoms with van der Waals surface area (Å²) in [4.78, 5) is 31.9. The van der Waals surface area contributed by atoms with Crippen LogP contribution in [0.15, 0.2) is 35.9 Å². The molecule has 0 bridgehead atoms. The van der Waals surface area contributed by atoms with E-state index in [9.17, 15) is 24.3 Å². The van der Waals surface area contributed by atoms with Gasteiger partial charge >= 0.3 is 13.8 Å². The maximum Gasteiger partial charge on any atom is 0.470 e. The Hall–Kier alpha value is -1.92. The molecule has 1 unspecified atom stereocenters. The van der Waals surface area contributed by atoms with Crippen molar-refractivity contribution >= 4 is 13.8 Å². The normalized spacial score (nSPS) is 19.2. The van der Waals surface area contributed by atoms with Crippen molar-refractivity contribution in [1.82, 2.24) is 0 Å². The number of ether oxygens (including phenoxy) is 1. The molecule has 35 heavy (non-hydrogen) atoms. The number of hydrogen-bond donors (Lipinski definition) is 3. The van der Waals surface area contributed by atoms with Crippen molar-refractivity contribution in [2.75, 3.05) is 0 Å². The van der Waals surface area contributed by atoms with Gasteiger partial charge in [-0.05, 0) is 63.1 Å². The molecule has 1 aliphatic carbocycles. The highest BCUT2D eigenvalue weighted by atomic mass is 31.2. The number of carbonyl (C=O) groups excluding carboxylic acids is 1. The van der Waals surface area contributed by atoms with Crippen molar-refractivity contribution < 1.29 is 33.5 Å². The van der Waals surface area contributed by atoms with E-state index in [1.54, 1.807) is 12.1 Å². The van der Waals surface area contributed by atoms with Crippen LogP contribution >= 0.6 is 7.82 Å². The smallest absolute Gasteiger partial charge is 0.470 e. The number of phenols is 1. The van der Waals surface area contributed by atoms with Gasteiger partial charge in [0.2, 0.25) is 0 Å². The minimum atomic E-state index is -4.91. The van der Waals surface area contributed by atoms with Crippen LogP contribution in [0.1, 0.15) is 96.1 Å². The number of phenolic OH excluding ortho intramolecular Hbond substituents is 1. The van der Waals surface area contributed by atoms with E-state index in [2.05, 4.69) is 19.6 Å². The monoisotopic (exact) mass is 508 g/mol. The van der Waals surface area contributed by atoms with Crippen molar-refractivity contribution in [3.05, 3.63) is 47.1 Å². The van der Waals surface area contributed by atoms with Gasteiger partial charge < -0.3 is 19.6 Å². The predicted octanol–water partition coefficient (Wildman–Crippen LogP) is 6.71. The molecule has 8 heteroatoms. The summed E-state index contributed by atoms with van der Waals surface area (Å²) >= 11 is 0. The lowest BCUT2D eigenvalue weighted by molar-refractivity contribution is -0.143. The second-order valence-corrected chi connectivity index (χ2v) is 10.9. The highest BCUT2D eigenvalue weighted by molar-refractivity contribution is 7.46. The minimum absolute atomic E-state index is 0.0383. The first-order valence-electron chi connectivity index (χ1n) is 12.6. The number of allylic oxidation sites excluding steroid dienone is 3. The fourth-order valence-corrected chi connectivity index (χ4v) is 5.26. The second kappa shape index (κ2) is 13.4. The Morgan fingerprint density at radius 3 is 2.51 bits per heavy atom. The van der Waals surface area contributed by atoms with Crippen LogP contribution in [-0.4, -0.2) is 27.0 Å². The second-order valence-electron chi connectivity index (χ2n) is 9.66. The van der Waals surface area contributed by atoms with Crippen molar-refractivity contribution in [1.29, 1.82) is 0 Å². The number of aromatic hydroxyl groups is 1. The van der Waals surface area contributed by atoms with E-state index in [1.807, 2.05) is 20.8 Å². The Kier molecular flexibility index (Phi) is 11.2. The fourth-order valence-electron chi connectivity index (χ4n) is 4.74. The Balaban J connectivity index is 2.47. The standard InChI is InChI=1S/C27H41O7P/c1-6-8-9-10-12-24(34-35(30,31)32)27(29)33-25-17-20(11-7-2)16-23(28)26(25)22-15-19(5)13-14-21(22)18(3)4/h15-17,21-22,24,28H,3,6-14H2,1-2,4-5H3,(H2,30,31,32)/t21-,22+,24?/m0/s1. The molecule has 0 radical (unpaired) electrons. The minimum Gasteiger partial charge on any atom is -0.507 e. The van der Waals surface area contributed by atoms with E-state index >= 15 is 0 Å². The number of aryl methyl sites for hydroxylation is 1. The number of esters is 1. The van der Waals surface area contributed by atoms with Crippen LogP contribution in [0.5, 0.6) is 11.5 Å². The Morgan fingerprint density at radius 1 is 1.20 bits per heavy atom. The number of hydrogen-bond acceptors (Lipinski definition) is 5. The van der Waals surface area contributed by atoms with E-state index in [4.69, 9.17) is 9.26 Å². The summed E-state index contributed by atoms with van der Waals surface area (Å²) in [5.41, 5.74) is 3.47. The number of unbranched alkanes of at least 4 members (excludes halogenated alkanes) is 3. The highest BCUT2D eigenvalue weighted by Crippen LogP contribution is 2.47. The molecule has 7 nitrogen and oxygen atoms in total. The van der Waals surface area contributed by atoms with Crippen LogP contribution in [0.4, 0.5) is 0 Å². The fraction of sp³-hybridized carbons (Fsp3) is 0.593. The lowest BCUT2D eigenvalue weighted by Crippen LogP contribution is -2.29. The highest BCUT2D eigenvalue weighted by Gasteiger charge is 2.34. The summed E-state index contributed by atoms with van der Waals surface area (Å²) in [6.07, 6.45) is 7.45. The Labute approximate surface area is 209 Å². The zero-order valence-corrected chi connectivity index (χ0v) is 22.4. The molecule has 196 valence electrons. The molecule has 0 heterocycles. The van der Waals surface area contributed by atoms with E-state index in [-0.39, 0.29) is 29.8 Å². The first kappa shape index (κ1) is 29.3. The van der Waals surface area contributed by atoms with E-state index in [0.29, 0.717) is 18.4 Å². The topological polar surface area (TPSA) is 113 Å². The summed E-state index contributed by atoms with van der Waals surface area (Å²) < 4.78 is 22.2. The van der Waals surface area contributed by atoms with Crippen molar-refractivity contribution in [3.8, 4) is 11.5 Å². The molecule has 2 rings (SSSR count). The first-order chi connectivity index (χ1) is 16.5. The molecule has 0 aliphatic heterocycles. The SMILES string of the molecule is C=C(C)[C@@H]1CCC(C)=C[C@H]1c1c(O)cc(CCC)cc1OC(=O)C(CCCCCC)OP(=O)(O)O. The van der Waals surface area contributed by atoms with Crippen molar-refractivity contribution in [2.24, 2.45) is 5.92 Å². The van der Waals surface area contributed by atoms with Gasteiger partial charge in [0, 0.05) is 11.5 Å². The van der Waals surface area contributed by atoms with E-state index < -0.39 is 19.9 Å². The third kappa shape index (κ3) is 8.91. The van der Waals surface area contributed by atoms with Crippen LogP contribution in [-0.2, 0) is 20.3 Å². The van der Waals surface area contributed by atoms with Gasteiger partial charge in [0.1, 0.15) is 11.5 Å². The Morgan fingerprint density at radius 2 is 1.91 bits per heavy atom. The quantitative estimate of drug-likeness (QED) is 0.0891. The molecule has 0 amide bonds. The van der Waals surface area contributed by atoms with Gasteiger partial charge in [-0.1, -0.05) is 69.8 Å². The lowest BCUT2D eigenvalue weighted by atomic mass is 9.73. The van der Waals surface area contributed by atoms with Gasteiger partial charge in [-0.2, -0.15) is 0 Å². The molecule has 0 spiro atoms. The summed E-state index contributed by atoms with van der Waals surface area (Å²) in [5, 5.41) is 11.1. The largest absolute Gasteiger partial charge is 0.507 e. The van der Waals surface area contributed by atoms with E-state index in [0.717, 1.165) is 49.7 Å². The summed E-state index contributed by atoms with van der Waals surface area (Å²) in [6.45, 7) is 12.2. The van der Waals surface area contributed by atoms with Crippen molar-refractivity contribution in [3.63, 3.8) is 0 Å². The number of carbonyl (C=O) groups is 1. The lowest BCUT2D eigenvalue weighted by Gasteiger charge is -2.32. The van der Waals surface area contributed by atoms with Crippen LogP contribution < -0.4 is 4.74 Å². The molecule has 0 saturated carbocycles. The summed E-state index contributed by atoms with van der Waals surface area (Å²) in [6, 6.07) is 3.45. The van der Waals surface area contributed by atoms with E-state index in [1.165, 1.54) is 5.57 Å². The predicted molar refractivity (Wildman–Crippen MR) is 137 cm³/mol. The molecule has 1 aromatic carbocycles. The van der Waals surface area contributed by atoms with Crippen LogP contribution in [0.3, 0.4) is 0 Å². The van der Waals surface area contributed by atoms with Gasteiger partial charge in [0.15, 0.2) is 6.10 Å². The molecular formula is C27H41O7P. The first-order valence-corrected chi connectivity index (χ1v) is 14.1. The van der Waals surface area contributed by atoms with Crippen LogP contribution in [0, 0.1) is 5.92 Å². The summed E-state index contributed by atoms with van der Waals surface area (Å²) in [5.74, 6) is -0.798. The zero-order valence-electron chi connectivity index (χ0n) is 21.5. The number of rotatable bonds is 13. The van der Waals surface area contributed by atoms with Gasteiger partial charge in [-0.15, -0.1) is 0 Å². The molecule has 0 fully saturated rings. The van der Waals surface area contributed by atoms with Gasteiger partial charge in [-0.25, -0.2) is 9.36 Å². The summed E-state index contributed by atoms with van der Waals surface area (Å²) in [7, 11) is -4.91. The van der Waals surface area contributed by atoms with Crippen molar-refractivity contribution in [2.45, 2.75) is 97.5 Å². The van der Waals surface area contributed by atoms with Crippen LogP contribution in [0.2, 0.25) is 0 Å². The molecule has 1 aliphatic rings. The number of phosphoric ester groups is 1. The molecule has 0 aromatic heterocycles. The van der Waals surface area contributed by atoms with Gasteiger partial charge in [0.25, 0.3) is 0 Å². The third-order valence-electron chi connectivity index (χ3n) is 6.49.